The molecule has 0 aromatic carbocycles. The van der Waals surface area contributed by atoms with Gasteiger partial charge in [0.2, 0.25) is 5.89 Å². The zero-order valence-electron chi connectivity index (χ0n) is 16.7. The number of hydrogen-bond acceptors (Lipinski definition) is 5. The van der Waals surface area contributed by atoms with Crippen molar-refractivity contribution in [1.29, 1.82) is 0 Å². The lowest BCUT2D eigenvalue weighted by Gasteiger charge is -2.26. The van der Waals surface area contributed by atoms with E-state index in [1.54, 1.807) is 7.05 Å². The molecule has 1 rings (SSSR count). The molecule has 0 aliphatic rings. The Morgan fingerprint density at radius 3 is 2.68 bits per heavy atom. The van der Waals surface area contributed by atoms with E-state index in [0.29, 0.717) is 24.9 Å². The third-order valence-corrected chi connectivity index (χ3v) is 4.09. The van der Waals surface area contributed by atoms with Crippen molar-refractivity contribution in [1.82, 2.24) is 20.8 Å². The molecule has 0 fully saturated rings. The second kappa shape index (κ2) is 11.1. The van der Waals surface area contributed by atoms with Crippen molar-refractivity contribution in [2.45, 2.75) is 73.0 Å². The summed E-state index contributed by atoms with van der Waals surface area (Å²) in [5.41, 5.74) is 0.234. The summed E-state index contributed by atoms with van der Waals surface area (Å²) in [6, 6.07) is 0. The number of ether oxygens (including phenoxy) is 1. The Morgan fingerprint density at radius 1 is 1.28 bits per heavy atom. The molecule has 0 saturated heterocycles. The molecule has 0 radical (unpaired) electrons. The van der Waals surface area contributed by atoms with Crippen LogP contribution in [-0.2, 0) is 11.3 Å². The first kappa shape index (κ1) is 21.4. The average molecular weight is 354 g/mol. The zero-order chi connectivity index (χ0) is 18.7. The molecule has 0 saturated carbocycles. The van der Waals surface area contributed by atoms with Crippen LogP contribution in [-0.4, -0.2) is 36.3 Å². The van der Waals surface area contributed by atoms with E-state index in [4.69, 9.17) is 9.26 Å². The topological polar surface area (TPSA) is 84.6 Å². The van der Waals surface area contributed by atoms with E-state index in [0.717, 1.165) is 12.5 Å². The molecule has 0 aliphatic heterocycles. The molecular formula is C18H35N5O2. The maximum absolute atomic E-state index is 5.46. The Kier molecular flexibility index (Phi) is 9.49. The van der Waals surface area contributed by atoms with Crippen molar-refractivity contribution in [3.63, 3.8) is 0 Å². The van der Waals surface area contributed by atoms with Gasteiger partial charge in [-0.2, -0.15) is 4.98 Å². The van der Waals surface area contributed by atoms with E-state index in [1.807, 2.05) is 13.8 Å². The molecule has 25 heavy (non-hydrogen) atoms. The van der Waals surface area contributed by atoms with Crippen LogP contribution in [0.5, 0.6) is 0 Å². The Labute approximate surface area is 152 Å². The highest BCUT2D eigenvalue weighted by Gasteiger charge is 2.18. The molecule has 7 nitrogen and oxygen atoms in total. The van der Waals surface area contributed by atoms with Crippen molar-refractivity contribution >= 4 is 5.96 Å². The first-order valence-corrected chi connectivity index (χ1v) is 9.30. The minimum atomic E-state index is -0.163. The summed E-state index contributed by atoms with van der Waals surface area (Å²) in [7, 11) is 1.76. The van der Waals surface area contributed by atoms with Crippen LogP contribution in [0.4, 0.5) is 0 Å². The molecular weight excluding hydrogens is 318 g/mol. The normalized spacial score (nSPS) is 13.8. The molecule has 144 valence electrons. The summed E-state index contributed by atoms with van der Waals surface area (Å²) in [5, 5.41) is 10.5. The molecule has 1 aromatic rings. The highest BCUT2D eigenvalue weighted by atomic mass is 16.5. The molecule has 1 atom stereocenters. The predicted octanol–water partition coefficient (Wildman–Crippen LogP) is 3.44. The van der Waals surface area contributed by atoms with Gasteiger partial charge in [-0.1, -0.05) is 45.2 Å². The van der Waals surface area contributed by atoms with Gasteiger partial charge in [-0.05, 0) is 25.7 Å². The predicted molar refractivity (Wildman–Crippen MR) is 100 cm³/mol. The fraction of sp³-hybridized carbons (Fsp3) is 0.833. The summed E-state index contributed by atoms with van der Waals surface area (Å²) in [4.78, 5) is 8.60. The first-order chi connectivity index (χ1) is 11.9. The molecule has 0 bridgehead atoms. The van der Waals surface area contributed by atoms with Crippen LogP contribution in [0.15, 0.2) is 9.52 Å². The Morgan fingerprint density at radius 2 is 2.04 bits per heavy atom. The van der Waals surface area contributed by atoms with Gasteiger partial charge in [0, 0.05) is 20.2 Å². The van der Waals surface area contributed by atoms with Crippen LogP contribution in [0.2, 0.25) is 0 Å². The van der Waals surface area contributed by atoms with Crippen molar-refractivity contribution in [3.8, 4) is 0 Å². The second-order valence-corrected chi connectivity index (χ2v) is 7.04. The summed E-state index contributed by atoms with van der Waals surface area (Å²) in [5.74, 6) is 1.83. The fourth-order valence-corrected chi connectivity index (χ4v) is 2.47. The van der Waals surface area contributed by atoms with E-state index < -0.39 is 0 Å². The number of aliphatic imine (C=N–C) groups is 1. The molecule has 7 heteroatoms. The number of rotatable bonds is 11. The Bertz CT molecular complexity index is 513. The third kappa shape index (κ3) is 8.34. The molecule has 1 heterocycles. The van der Waals surface area contributed by atoms with Gasteiger partial charge in [0.1, 0.15) is 6.10 Å². The lowest BCUT2D eigenvalue weighted by atomic mass is 9.87. The highest BCUT2D eigenvalue weighted by Crippen LogP contribution is 2.22. The number of nitrogens with zero attached hydrogens (tertiary/aromatic N) is 3. The van der Waals surface area contributed by atoms with Crippen molar-refractivity contribution < 1.29 is 9.26 Å². The molecule has 1 aromatic heterocycles. The summed E-state index contributed by atoms with van der Waals surface area (Å²) in [6.45, 7) is 12.6. The van der Waals surface area contributed by atoms with Crippen LogP contribution in [0.3, 0.4) is 0 Å². The van der Waals surface area contributed by atoms with Gasteiger partial charge in [0.05, 0.1) is 6.54 Å². The molecule has 0 spiro atoms. The van der Waals surface area contributed by atoms with Crippen LogP contribution < -0.4 is 10.6 Å². The SMILES string of the molecule is CCCCCC(C)(C)CNC(=NC)NCc1nc(C(C)OCC)no1. The molecule has 2 N–H and O–H groups in total. The summed E-state index contributed by atoms with van der Waals surface area (Å²) < 4.78 is 10.7. The van der Waals surface area contributed by atoms with E-state index in [9.17, 15) is 0 Å². The minimum absolute atomic E-state index is 0.163. The zero-order valence-corrected chi connectivity index (χ0v) is 16.7. The van der Waals surface area contributed by atoms with Gasteiger partial charge in [0.25, 0.3) is 0 Å². The fourth-order valence-electron chi connectivity index (χ4n) is 2.47. The smallest absolute Gasteiger partial charge is 0.246 e. The maximum Gasteiger partial charge on any atom is 0.246 e. The number of aromatic nitrogens is 2. The Hall–Kier alpha value is -1.63. The van der Waals surface area contributed by atoms with Gasteiger partial charge < -0.3 is 19.9 Å². The summed E-state index contributed by atoms with van der Waals surface area (Å²) in [6.07, 6.45) is 4.84. The van der Waals surface area contributed by atoms with Crippen LogP contribution in [0.25, 0.3) is 0 Å². The van der Waals surface area contributed by atoms with Crippen molar-refractivity contribution in [3.05, 3.63) is 11.7 Å². The summed E-state index contributed by atoms with van der Waals surface area (Å²) >= 11 is 0. The van der Waals surface area contributed by atoms with Crippen molar-refractivity contribution in [2.75, 3.05) is 20.2 Å². The largest absolute Gasteiger partial charge is 0.371 e. The third-order valence-electron chi connectivity index (χ3n) is 4.09. The van der Waals surface area contributed by atoms with Crippen molar-refractivity contribution in [2.24, 2.45) is 10.4 Å². The Balaban J connectivity index is 2.41. The van der Waals surface area contributed by atoms with Crippen LogP contribution in [0.1, 0.15) is 78.1 Å². The highest BCUT2D eigenvalue weighted by molar-refractivity contribution is 5.79. The second-order valence-electron chi connectivity index (χ2n) is 7.04. The van der Waals surface area contributed by atoms with E-state index >= 15 is 0 Å². The van der Waals surface area contributed by atoms with Gasteiger partial charge in [-0.15, -0.1) is 0 Å². The number of unbranched alkanes of at least 4 members (excludes halogenated alkanes) is 2. The van der Waals surface area contributed by atoms with Gasteiger partial charge >= 0.3 is 0 Å². The quantitative estimate of drug-likeness (QED) is 0.360. The van der Waals surface area contributed by atoms with Gasteiger partial charge in [-0.3, -0.25) is 4.99 Å². The van der Waals surface area contributed by atoms with E-state index in [1.165, 1.54) is 25.7 Å². The maximum atomic E-state index is 5.46. The van der Waals surface area contributed by atoms with E-state index in [-0.39, 0.29) is 11.5 Å². The van der Waals surface area contributed by atoms with Gasteiger partial charge in [-0.25, -0.2) is 0 Å². The van der Waals surface area contributed by atoms with Gasteiger partial charge in [0.15, 0.2) is 11.8 Å². The molecule has 0 amide bonds. The molecule has 0 aliphatic carbocycles. The van der Waals surface area contributed by atoms with E-state index in [2.05, 4.69) is 46.5 Å². The number of hydrogen-bond donors (Lipinski definition) is 2. The minimum Gasteiger partial charge on any atom is -0.371 e. The van der Waals surface area contributed by atoms with Crippen LogP contribution >= 0.6 is 0 Å². The average Bonchev–Trinajstić information content (AvgIpc) is 3.04. The first-order valence-electron chi connectivity index (χ1n) is 9.30. The van der Waals surface area contributed by atoms with Crippen LogP contribution in [0, 0.1) is 5.41 Å². The lowest BCUT2D eigenvalue weighted by Crippen LogP contribution is -2.41. The standard InChI is InChI=1S/C18H35N5O2/c1-7-9-10-11-18(4,5)13-21-17(19-6)20-12-15-22-16(23-25-15)14(3)24-8-2/h14H,7-13H2,1-6H3,(H2,19,20,21). The molecule has 1 unspecified atom stereocenters. The monoisotopic (exact) mass is 353 g/mol. The lowest BCUT2D eigenvalue weighted by molar-refractivity contribution is 0.0683. The number of guanidine groups is 1. The number of nitrogens with one attached hydrogen (secondary N) is 2.